The van der Waals surface area contributed by atoms with Gasteiger partial charge in [0.05, 0.1) is 16.7 Å². The van der Waals surface area contributed by atoms with Crippen molar-refractivity contribution in [3.8, 4) is 5.75 Å². The fraction of sp³-hybridized carbons (Fsp3) is 0.125. The molecule has 4 heterocycles. The lowest BCUT2D eigenvalue weighted by Gasteiger charge is -2.43. The summed E-state index contributed by atoms with van der Waals surface area (Å²) in [6.45, 7) is 0. The third kappa shape index (κ3) is 3.00. The van der Waals surface area contributed by atoms with E-state index in [1.54, 1.807) is 12.4 Å². The molecule has 1 amide bonds. The summed E-state index contributed by atoms with van der Waals surface area (Å²) in [4.78, 5) is 17.6. The third-order valence-electron chi connectivity index (χ3n) is 5.57. The molecule has 3 aliphatic rings. The fourth-order valence-corrected chi connectivity index (χ4v) is 5.33. The Bertz CT molecular complexity index is 1230. The number of nitrogens with zero attached hydrogens (tertiary/aromatic N) is 3. The average molecular weight is 427 g/mol. The molecule has 152 valence electrons. The number of aromatic nitrogens is 1. The summed E-state index contributed by atoms with van der Waals surface area (Å²) in [6, 6.07) is 21.8. The molecule has 0 saturated carbocycles. The number of hydrogen-bond acceptors (Lipinski definition) is 6. The van der Waals surface area contributed by atoms with Gasteiger partial charge < -0.3 is 4.74 Å². The first-order valence-electron chi connectivity index (χ1n) is 10.1. The van der Waals surface area contributed by atoms with Crippen molar-refractivity contribution < 1.29 is 9.53 Å². The molecule has 1 saturated heterocycles. The first kappa shape index (κ1) is 18.2. The van der Waals surface area contributed by atoms with Gasteiger partial charge in [0.2, 0.25) is 0 Å². The van der Waals surface area contributed by atoms with E-state index in [-0.39, 0.29) is 11.9 Å². The Morgan fingerprint density at radius 3 is 2.77 bits per heavy atom. The second-order valence-corrected chi connectivity index (χ2v) is 8.75. The van der Waals surface area contributed by atoms with Gasteiger partial charge in [0.25, 0.3) is 5.91 Å². The molecule has 0 aliphatic carbocycles. The zero-order chi connectivity index (χ0) is 20.8. The van der Waals surface area contributed by atoms with Crippen molar-refractivity contribution in [1.82, 2.24) is 15.3 Å². The van der Waals surface area contributed by atoms with Gasteiger partial charge in [-0.1, -0.05) is 54.6 Å². The van der Waals surface area contributed by atoms with E-state index in [0.717, 1.165) is 34.6 Å². The third-order valence-corrected chi connectivity index (χ3v) is 6.74. The Labute approximate surface area is 183 Å². The molecular formula is C24H18N4O2S. The van der Waals surface area contributed by atoms with Gasteiger partial charge in [0.15, 0.2) is 0 Å². The summed E-state index contributed by atoms with van der Waals surface area (Å²) in [5.74, 6) is 0.582. The van der Waals surface area contributed by atoms with Crippen LogP contribution in [-0.4, -0.2) is 26.8 Å². The van der Waals surface area contributed by atoms with E-state index >= 15 is 0 Å². The molecule has 0 bridgehead atoms. The smallest absolute Gasteiger partial charge is 0.336 e. The van der Waals surface area contributed by atoms with Crippen LogP contribution in [0.5, 0.6) is 5.75 Å². The van der Waals surface area contributed by atoms with Crippen LogP contribution in [0.2, 0.25) is 0 Å². The van der Waals surface area contributed by atoms with Gasteiger partial charge in [-0.25, -0.2) is 5.01 Å². The number of amides is 1. The highest BCUT2D eigenvalue weighted by molar-refractivity contribution is 8.05. The number of carbonyl (C=O) groups is 1. The van der Waals surface area contributed by atoms with Crippen molar-refractivity contribution >= 4 is 29.5 Å². The van der Waals surface area contributed by atoms with E-state index in [9.17, 15) is 4.79 Å². The van der Waals surface area contributed by atoms with E-state index < -0.39 is 5.18 Å². The summed E-state index contributed by atoms with van der Waals surface area (Å²) in [5.41, 5.74) is 3.98. The van der Waals surface area contributed by atoms with Gasteiger partial charge in [0.1, 0.15) is 5.75 Å². The molecule has 6 nitrogen and oxygen atoms in total. The molecule has 31 heavy (non-hydrogen) atoms. The predicted octanol–water partition coefficient (Wildman–Crippen LogP) is 4.14. The van der Waals surface area contributed by atoms with Gasteiger partial charge in [-0.2, -0.15) is 5.10 Å². The number of para-hydroxylation sites is 1. The molecule has 3 aromatic rings. The van der Waals surface area contributed by atoms with Crippen LogP contribution in [0.1, 0.15) is 29.2 Å². The normalized spacial score (nSPS) is 25.1. The van der Waals surface area contributed by atoms with E-state index in [4.69, 9.17) is 9.84 Å². The molecule has 3 aliphatic heterocycles. The van der Waals surface area contributed by atoms with Gasteiger partial charge in [0, 0.05) is 24.4 Å². The molecule has 1 spiro atoms. The summed E-state index contributed by atoms with van der Waals surface area (Å²) in [5, 5.41) is 8.78. The van der Waals surface area contributed by atoms with Crippen LogP contribution in [0.3, 0.4) is 0 Å². The summed E-state index contributed by atoms with van der Waals surface area (Å²) in [7, 11) is 0. The first-order valence-corrected chi connectivity index (χ1v) is 10.9. The SMILES string of the molecule is O=C1NC2(Oc3ccccc3C3CC(c4ccccc4)=NN32)S/C1=C/c1cccnc1. The van der Waals surface area contributed by atoms with Crippen molar-refractivity contribution in [3.63, 3.8) is 0 Å². The highest BCUT2D eigenvalue weighted by atomic mass is 32.2. The number of thioether (sulfide) groups is 1. The molecule has 1 aromatic heterocycles. The lowest BCUT2D eigenvalue weighted by atomic mass is 9.97. The lowest BCUT2D eigenvalue weighted by molar-refractivity contribution is -0.127. The van der Waals surface area contributed by atoms with Crippen LogP contribution in [0.4, 0.5) is 0 Å². The maximum atomic E-state index is 12.9. The lowest BCUT2D eigenvalue weighted by Crippen LogP contribution is -2.58. The van der Waals surface area contributed by atoms with Crippen molar-refractivity contribution in [3.05, 3.63) is 101 Å². The van der Waals surface area contributed by atoms with Crippen LogP contribution < -0.4 is 10.1 Å². The number of pyridine rings is 1. The topological polar surface area (TPSA) is 66.8 Å². The highest BCUT2D eigenvalue weighted by Gasteiger charge is 2.57. The van der Waals surface area contributed by atoms with Gasteiger partial charge >= 0.3 is 5.18 Å². The van der Waals surface area contributed by atoms with Crippen LogP contribution in [0.25, 0.3) is 6.08 Å². The molecule has 2 aromatic carbocycles. The number of ether oxygens (including phenoxy) is 1. The largest absolute Gasteiger partial charge is 0.439 e. The minimum absolute atomic E-state index is 0.0225. The van der Waals surface area contributed by atoms with Gasteiger partial charge in [-0.3, -0.25) is 15.1 Å². The summed E-state index contributed by atoms with van der Waals surface area (Å²) >= 11 is 1.34. The van der Waals surface area contributed by atoms with Crippen LogP contribution >= 0.6 is 11.8 Å². The molecule has 1 N–H and O–H groups in total. The number of rotatable bonds is 2. The Hall–Kier alpha value is -3.58. The Kier molecular flexibility index (Phi) is 4.11. The second-order valence-electron chi connectivity index (χ2n) is 7.55. The Morgan fingerprint density at radius 1 is 1.10 bits per heavy atom. The maximum absolute atomic E-state index is 12.9. The van der Waals surface area contributed by atoms with Gasteiger partial charge in [-0.15, -0.1) is 0 Å². The highest BCUT2D eigenvalue weighted by Crippen LogP contribution is 2.53. The van der Waals surface area contributed by atoms with Crippen molar-refractivity contribution in [2.45, 2.75) is 17.6 Å². The number of nitrogens with one attached hydrogen (secondary N) is 1. The minimum Gasteiger partial charge on any atom is -0.439 e. The average Bonchev–Trinajstić information content (AvgIpc) is 3.39. The van der Waals surface area contributed by atoms with Gasteiger partial charge in [-0.05, 0) is 41.1 Å². The monoisotopic (exact) mass is 426 g/mol. The predicted molar refractivity (Wildman–Crippen MR) is 120 cm³/mol. The van der Waals surface area contributed by atoms with Crippen molar-refractivity contribution in [2.75, 3.05) is 0 Å². The zero-order valence-electron chi connectivity index (χ0n) is 16.4. The van der Waals surface area contributed by atoms with Crippen molar-refractivity contribution in [2.24, 2.45) is 5.10 Å². The number of benzene rings is 2. The second kappa shape index (κ2) is 6.99. The molecule has 2 atom stereocenters. The number of fused-ring (bicyclic) bond motifs is 4. The Balaban J connectivity index is 1.43. The molecule has 0 radical (unpaired) electrons. The van der Waals surface area contributed by atoms with E-state index in [2.05, 4.69) is 28.5 Å². The molecule has 2 unspecified atom stereocenters. The van der Waals surface area contributed by atoms with Crippen molar-refractivity contribution in [1.29, 1.82) is 0 Å². The van der Waals surface area contributed by atoms with Crippen LogP contribution in [0.15, 0.2) is 89.1 Å². The quantitative estimate of drug-likeness (QED) is 0.624. The fourth-order valence-electron chi connectivity index (χ4n) is 4.16. The number of carbonyl (C=O) groups excluding carboxylic acids is 1. The maximum Gasteiger partial charge on any atom is 0.336 e. The molecular weight excluding hydrogens is 408 g/mol. The molecule has 7 heteroatoms. The first-order chi connectivity index (χ1) is 15.2. The van der Waals surface area contributed by atoms with Crippen LogP contribution in [0, 0.1) is 0 Å². The number of hydrogen-bond donors (Lipinski definition) is 1. The summed E-state index contributed by atoms with van der Waals surface area (Å²) in [6.07, 6.45) is 6.01. The molecule has 1 fully saturated rings. The standard InChI is InChI=1S/C24H18N4O2S/c29-23-22(13-16-7-6-12-25-15-16)31-24(26-23)28-20(18-10-4-5-11-21(18)30-24)14-19(27-28)17-8-2-1-3-9-17/h1-13,15,20H,14H2,(H,26,29)/b22-13+. The van der Waals surface area contributed by atoms with Crippen LogP contribution in [-0.2, 0) is 4.79 Å². The zero-order valence-corrected chi connectivity index (χ0v) is 17.3. The van der Waals surface area contributed by atoms with E-state index in [0.29, 0.717) is 4.91 Å². The Morgan fingerprint density at radius 2 is 1.94 bits per heavy atom. The van der Waals surface area contributed by atoms with E-state index in [1.165, 1.54) is 11.8 Å². The summed E-state index contributed by atoms with van der Waals surface area (Å²) < 4.78 is 6.41. The molecule has 6 rings (SSSR count). The van der Waals surface area contributed by atoms with E-state index in [1.807, 2.05) is 59.6 Å². The minimum atomic E-state index is -1.12. The number of hydrazone groups is 1.